The number of benzene rings is 2. The molecule has 28 heavy (non-hydrogen) atoms. The highest BCUT2D eigenvalue weighted by atomic mass is 32.2. The Morgan fingerprint density at radius 2 is 1.61 bits per heavy atom. The zero-order chi connectivity index (χ0) is 20.0. The van der Waals surface area contributed by atoms with Gasteiger partial charge in [0.1, 0.15) is 0 Å². The molecule has 1 N–H and O–H groups in total. The molecule has 0 saturated heterocycles. The molecule has 2 aliphatic rings. The lowest BCUT2D eigenvalue weighted by Gasteiger charge is -2.41. The summed E-state index contributed by atoms with van der Waals surface area (Å²) in [7, 11) is -3.94. The van der Waals surface area contributed by atoms with Gasteiger partial charge in [-0.15, -0.1) is 4.40 Å². The quantitative estimate of drug-likeness (QED) is 0.862. The average molecular weight is 397 g/mol. The summed E-state index contributed by atoms with van der Waals surface area (Å²) in [6.07, 6.45) is 1.51. The zero-order valence-corrected chi connectivity index (χ0v) is 17.1. The van der Waals surface area contributed by atoms with Gasteiger partial charge in [-0.25, -0.2) is 8.42 Å². The first kappa shape index (κ1) is 18.7. The summed E-state index contributed by atoms with van der Waals surface area (Å²) in [6.45, 7) is 7.30. The number of amidine groups is 1. The largest absolute Gasteiger partial charge is 0.358 e. The zero-order valence-electron chi connectivity index (χ0n) is 16.3. The van der Waals surface area contributed by atoms with Gasteiger partial charge in [0.15, 0.2) is 16.1 Å². The molecule has 2 aromatic rings. The number of hydrogen-bond donors (Lipinski definition) is 1. The Hall–Kier alpha value is -2.67. The SMILES string of the molecule is CCN(CC)C1=NS(=O)(=O)[C@@]2(c3ccccc3)C=NN[C@@]12c1ccc(C)cc1. The van der Waals surface area contributed by atoms with Crippen molar-refractivity contribution in [3.05, 3.63) is 71.3 Å². The molecule has 0 bridgehead atoms. The van der Waals surface area contributed by atoms with Crippen LogP contribution in [0, 0.1) is 6.92 Å². The molecule has 2 heterocycles. The van der Waals surface area contributed by atoms with Gasteiger partial charge in [0.25, 0.3) is 10.0 Å². The molecule has 0 spiro atoms. The molecule has 2 aliphatic heterocycles. The molecular weight excluding hydrogens is 372 g/mol. The molecule has 0 aliphatic carbocycles. The fraction of sp³-hybridized carbons (Fsp3) is 0.333. The van der Waals surface area contributed by atoms with Gasteiger partial charge in [-0.1, -0.05) is 60.2 Å². The van der Waals surface area contributed by atoms with Crippen LogP contribution >= 0.6 is 0 Å². The second-order valence-electron chi connectivity index (χ2n) is 7.15. The van der Waals surface area contributed by atoms with Gasteiger partial charge in [-0.2, -0.15) is 5.10 Å². The summed E-state index contributed by atoms with van der Waals surface area (Å²) >= 11 is 0. The minimum Gasteiger partial charge on any atom is -0.358 e. The lowest BCUT2D eigenvalue weighted by atomic mass is 9.74. The highest BCUT2D eigenvalue weighted by molar-refractivity contribution is 7.92. The Labute approximate surface area is 166 Å². The van der Waals surface area contributed by atoms with Crippen LogP contribution < -0.4 is 5.43 Å². The summed E-state index contributed by atoms with van der Waals surface area (Å²) in [6, 6.07) is 17.2. The molecule has 0 unspecified atom stereocenters. The first-order chi connectivity index (χ1) is 13.4. The summed E-state index contributed by atoms with van der Waals surface area (Å²) < 4.78 is 30.1. The predicted molar refractivity (Wildman–Crippen MR) is 112 cm³/mol. The Balaban J connectivity index is 2.09. The van der Waals surface area contributed by atoms with Crippen LogP contribution in [0.15, 0.2) is 64.1 Å². The number of aryl methyl sites for hydroxylation is 1. The normalized spacial score (nSPS) is 27.2. The molecule has 146 valence electrons. The number of sulfonamides is 1. The molecule has 4 rings (SSSR count). The minimum atomic E-state index is -3.94. The molecule has 6 nitrogen and oxygen atoms in total. The molecule has 0 fully saturated rings. The maximum Gasteiger partial charge on any atom is 0.273 e. The van der Waals surface area contributed by atoms with Crippen LogP contribution in [0.5, 0.6) is 0 Å². The monoisotopic (exact) mass is 396 g/mol. The van der Waals surface area contributed by atoms with E-state index in [0.29, 0.717) is 24.5 Å². The van der Waals surface area contributed by atoms with Gasteiger partial charge in [0.05, 0.1) is 6.21 Å². The topological polar surface area (TPSA) is 74.1 Å². The van der Waals surface area contributed by atoms with Crippen molar-refractivity contribution >= 4 is 22.1 Å². The third kappa shape index (κ3) is 2.22. The fourth-order valence-electron chi connectivity index (χ4n) is 4.29. The van der Waals surface area contributed by atoms with E-state index >= 15 is 0 Å². The van der Waals surface area contributed by atoms with E-state index in [1.807, 2.05) is 80.3 Å². The number of rotatable bonds is 4. The smallest absolute Gasteiger partial charge is 0.273 e. The van der Waals surface area contributed by atoms with Gasteiger partial charge >= 0.3 is 0 Å². The lowest BCUT2D eigenvalue weighted by molar-refractivity contribution is 0.362. The van der Waals surface area contributed by atoms with Crippen molar-refractivity contribution in [1.82, 2.24) is 10.3 Å². The maximum absolute atomic E-state index is 13.6. The van der Waals surface area contributed by atoms with Crippen LogP contribution in [-0.4, -0.2) is 38.5 Å². The number of likely N-dealkylation sites (N-methyl/N-ethyl adjacent to an activating group) is 1. The van der Waals surface area contributed by atoms with E-state index in [1.54, 1.807) is 0 Å². The average Bonchev–Trinajstić information content (AvgIpc) is 3.19. The van der Waals surface area contributed by atoms with Crippen molar-refractivity contribution in [2.45, 2.75) is 31.1 Å². The van der Waals surface area contributed by atoms with E-state index in [1.165, 1.54) is 6.21 Å². The minimum absolute atomic E-state index is 0.489. The molecular formula is C21H24N4O2S. The van der Waals surface area contributed by atoms with Crippen molar-refractivity contribution in [1.29, 1.82) is 0 Å². The van der Waals surface area contributed by atoms with Crippen molar-refractivity contribution < 1.29 is 8.42 Å². The summed E-state index contributed by atoms with van der Waals surface area (Å²) in [4.78, 5) is 1.99. The first-order valence-electron chi connectivity index (χ1n) is 9.47. The molecule has 0 saturated carbocycles. The molecule has 0 radical (unpaired) electrons. The molecule has 2 aromatic carbocycles. The maximum atomic E-state index is 13.6. The van der Waals surface area contributed by atoms with Crippen molar-refractivity contribution in [3.63, 3.8) is 0 Å². The van der Waals surface area contributed by atoms with Crippen LogP contribution in [0.4, 0.5) is 0 Å². The van der Waals surface area contributed by atoms with Crippen LogP contribution in [0.2, 0.25) is 0 Å². The number of nitrogens with zero attached hydrogens (tertiary/aromatic N) is 3. The number of nitrogens with one attached hydrogen (secondary N) is 1. The third-order valence-electron chi connectivity index (χ3n) is 5.73. The number of hydrazone groups is 1. The third-order valence-corrected chi connectivity index (χ3v) is 7.61. The van der Waals surface area contributed by atoms with Gasteiger partial charge in [-0.3, -0.25) is 5.43 Å². The van der Waals surface area contributed by atoms with Crippen molar-refractivity contribution in [3.8, 4) is 0 Å². The summed E-state index contributed by atoms with van der Waals surface area (Å²) in [5.74, 6) is 0.489. The highest BCUT2D eigenvalue weighted by Crippen LogP contribution is 2.54. The van der Waals surface area contributed by atoms with E-state index in [4.69, 9.17) is 0 Å². The van der Waals surface area contributed by atoms with E-state index < -0.39 is 20.3 Å². The first-order valence-corrected chi connectivity index (χ1v) is 10.9. The van der Waals surface area contributed by atoms with E-state index in [2.05, 4.69) is 14.9 Å². The van der Waals surface area contributed by atoms with Gasteiger partial charge in [0, 0.05) is 13.1 Å². The molecule has 0 amide bonds. The van der Waals surface area contributed by atoms with E-state index in [-0.39, 0.29) is 0 Å². The van der Waals surface area contributed by atoms with Gasteiger partial charge < -0.3 is 4.90 Å². The second-order valence-corrected chi connectivity index (χ2v) is 8.93. The predicted octanol–water partition coefficient (Wildman–Crippen LogP) is 2.76. The van der Waals surface area contributed by atoms with Crippen LogP contribution in [0.3, 0.4) is 0 Å². The summed E-state index contributed by atoms with van der Waals surface area (Å²) in [5, 5.41) is 4.32. The van der Waals surface area contributed by atoms with Crippen LogP contribution in [-0.2, 0) is 20.3 Å². The number of fused-ring (bicyclic) bond motifs is 1. The lowest BCUT2D eigenvalue weighted by Crippen LogP contribution is -2.61. The molecule has 7 heteroatoms. The van der Waals surface area contributed by atoms with Crippen LogP contribution in [0.25, 0.3) is 0 Å². The molecule has 0 aromatic heterocycles. The van der Waals surface area contributed by atoms with Crippen molar-refractivity contribution in [2.24, 2.45) is 9.50 Å². The Bertz CT molecular complexity index is 1040. The van der Waals surface area contributed by atoms with Gasteiger partial charge in [-0.05, 0) is 31.9 Å². The fourth-order valence-corrected chi connectivity index (χ4v) is 6.17. The summed E-state index contributed by atoms with van der Waals surface area (Å²) in [5.41, 5.74) is 4.64. The molecule has 2 atom stereocenters. The standard InChI is InChI=1S/C21H24N4O2S/c1-4-25(5-2)19-21(18-13-11-16(3)12-14-18)20(15-22-24-21,28(26,27)23-19)17-9-7-6-8-10-17/h6-15,24H,4-5H2,1-3H3/t20-,21+/m1/s1. The van der Waals surface area contributed by atoms with Crippen molar-refractivity contribution in [2.75, 3.05) is 13.1 Å². The van der Waals surface area contributed by atoms with Gasteiger partial charge in [0.2, 0.25) is 0 Å². The van der Waals surface area contributed by atoms with E-state index in [0.717, 1.165) is 11.1 Å². The Morgan fingerprint density at radius 1 is 0.964 bits per heavy atom. The van der Waals surface area contributed by atoms with E-state index in [9.17, 15) is 8.42 Å². The number of hydrogen-bond acceptors (Lipinski definition) is 5. The Kier molecular flexibility index (Phi) is 4.30. The second kappa shape index (κ2) is 6.44. The van der Waals surface area contributed by atoms with Crippen LogP contribution in [0.1, 0.15) is 30.5 Å². The highest BCUT2D eigenvalue weighted by Gasteiger charge is 2.72. The Morgan fingerprint density at radius 3 is 2.21 bits per heavy atom.